The van der Waals surface area contributed by atoms with E-state index in [0.29, 0.717) is 0 Å². The van der Waals surface area contributed by atoms with Gasteiger partial charge in [0.25, 0.3) is 0 Å². The first-order valence-electron chi connectivity index (χ1n) is 5.46. The number of aromatic nitrogens is 1. The van der Waals surface area contributed by atoms with Gasteiger partial charge in [0.05, 0.1) is 0 Å². The minimum absolute atomic E-state index is 1.06. The van der Waals surface area contributed by atoms with Gasteiger partial charge in [0, 0.05) is 11.9 Å². The van der Waals surface area contributed by atoms with Crippen molar-refractivity contribution in [2.24, 2.45) is 0 Å². The Bertz CT molecular complexity index is 451. The summed E-state index contributed by atoms with van der Waals surface area (Å²) in [6.07, 6.45) is 7.92. The maximum Gasteiger partial charge on any atom is 0.0375 e. The molecule has 0 radical (unpaired) electrons. The highest BCUT2D eigenvalue weighted by Gasteiger charge is 1.98. The minimum Gasteiger partial charge on any atom is -0.261 e. The maximum absolute atomic E-state index is 4.31. The van der Waals surface area contributed by atoms with Gasteiger partial charge in [-0.2, -0.15) is 0 Å². The molecule has 0 aliphatic heterocycles. The molecule has 1 rings (SSSR count). The number of hydrogen-bond donors (Lipinski definition) is 0. The van der Waals surface area contributed by atoms with Crippen molar-refractivity contribution in [1.82, 2.24) is 4.98 Å². The molecule has 84 valence electrons. The first kappa shape index (κ1) is 12.4. The Morgan fingerprint density at radius 3 is 2.50 bits per heavy atom. The van der Waals surface area contributed by atoms with E-state index in [1.165, 1.54) is 22.3 Å². The first-order valence-corrected chi connectivity index (χ1v) is 5.46. The van der Waals surface area contributed by atoms with E-state index in [2.05, 4.69) is 44.5 Å². The molecule has 0 saturated heterocycles. The second kappa shape index (κ2) is 5.45. The summed E-state index contributed by atoms with van der Waals surface area (Å²) < 4.78 is 0. The van der Waals surface area contributed by atoms with Crippen molar-refractivity contribution in [3.63, 3.8) is 0 Å². The van der Waals surface area contributed by atoms with Crippen LogP contribution in [0.2, 0.25) is 0 Å². The fourth-order valence-electron chi connectivity index (χ4n) is 1.51. The Labute approximate surface area is 98.2 Å². The average Bonchev–Trinajstić information content (AvgIpc) is 2.22. The molecule has 0 bridgehead atoms. The van der Waals surface area contributed by atoms with Crippen LogP contribution in [-0.2, 0) is 0 Å². The van der Waals surface area contributed by atoms with E-state index in [1.807, 2.05) is 25.3 Å². The van der Waals surface area contributed by atoms with Crippen molar-refractivity contribution >= 4 is 6.08 Å². The number of nitrogens with zero attached hydrogens (tertiary/aromatic N) is 1. The average molecular weight is 213 g/mol. The molecule has 1 aromatic heterocycles. The summed E-state index contributed by atoms with van der Waals surface area (Å²) in [5.41, 5.74) is 5.98. The molecule has 1 nitrogen and oxygen atoms in total. The molecule has 0 unspecified atom stereocenters. The number of rotatable bonds is 3. The summed E-state index contributed by atoms with van der Waals surface area (Å²) >= 11 is 0. The SMILES string of the molecule is C=C/C=C(C)/C(C)=C/c1cnc(C)cc1C. The lowest BCUT2D eigenvalue weighted by atomic mass is 10.0. The molecule has 0 saturated carbocycles. The van der Waals surface area contributed by atoms with Gasteiger partial charge in [0.15, 0.2) is 0 Å². The van der Waals surface area contributed by atoms with Crippen LogP contribution in [0.5, 0.6) is 0 Å². The smallest absolute Gasteiger partial charge is 0.0375 e. The van der Waals surface area contributed by atoms with Crippen LogP contribution in [0.25, 0.3) is 6.08 Å². The molecule has 0 spiro atoms. The zero-order chi connectivity index (χ0) is 12.1. The van der Waals surface area contributed by atoms with Gasteiger partial charge in [-0.3, -0.25) is 4.98 Å². The first-order chi connectivity index (χ1) is 7.54. The Morgan fingerprint density at radius 2 is 1.94 bits per heavy atom. The third-order valence-electron chi connectivity index (χ3n) is 2.65. The van der Waals surface area contributed by atoms with Crippen molar-refractivity contribution in [2.75, 3.05) is 0 Å². The Balaban J connectivity index is 3.07. The normalized spacial score (nSPS) is 12.8. The summed E-state index contributed by atoms with van der Waals surface area (Å²) in [5, 5.41) is 0. The lowest BCUT2D eigenvalue weighted by molar-refractivity contribution is 1.17. The van der Waals surface area contributed by atoms with Crippen molar-refractivity contribution in [2.45, 2.75) is 27.7 Å². The van der Waals surface area contributed by atoms with Crippen LogP contribution < -0.4 is 0 Å². The van der Waals surface area contributed by atoms with Crippen LogP contribution >= 0.6 is 0 Å². The van der Waals surface area contributed by atoms with Crippen LogP contribution in [0, 0.1) is 13.8 Å². The number of allylic oxidation sites excluding steroid dienone is 4. The Morgan fingerprint density at radius 1 is 1.25 bits per heavy atom. The predicted molar refractivity (Wildman–Crippen MR) is 71.3 cm³/mol. The molecule has 1 heterocycles. The second-order valence-electron chi connectivity index (χ2n) is 4.10. The molecule has 0 aliphatic carbocycles. The number of hydrogen-bond acceptors (Lipinski definition) is 1. The Hall–Kier alpha value is -1.63. The number of aryl methyl sites for hydroxylation is 2. The van der Waals surface area contributed by atoms with Gasteiger partial charge in [-0.25, -0.2) is 0 Å². The van der Waals surface area contributed by atoms with Crippen molar-refractivity contribution in [1.29, 1.82) is 0 Å². The van der Waals surface area contributed by atoms with E-state index in [1.54, 1.807) is 0 Å². The molecular weight excluding hydrogens is 194 g/mol. The summed E-state index contributed by atoms with van der Waals surface area (Å²) in [6.45, 7) is 12.0. The van der Waals surface area contributed by atoms with E-state index in [9.17, 15) is 0 Å². The molecular formula is C15H19N. The lowest BCUT2D eigenvalue weighted by Crippen LogP contribution is -1.88. The fraction of sp³-hybridized carbons (Fsp3) is 0.267. The molecule has 0 fully saturated rings. The van der Waals surface area contributed by atoms with Crippen LogP contribution in [0.15, 0.2) is 42.1 Å². The van der Waals surface area contributed by atoms with Gasteiger partial charge in [0.1, 0.15) is 0 Å². The third kappa shape index (κ3) is 3.20. The van der Waals surface area contributed by atoms with E-state index < -0.39 is 0 Å². The summed E-state index contributed by atoms with van der Waals surface area (Å²) in [6, 6.07) is 2.10. The quantitative estimate of drug-likeness (QED) is 0.684. The predicted octanol–water partition coefficient (Wildman–Crippen LogP) is 4.23. The largest absolute Gasteiger partial charge is 0.261 e. The highest BCUT2D eigenvalue weighted by atomic mass is 14.7. The monoisotopic (exact) mass is 213 g/mol. The van der Waals surface area contributed by atoms with Gasteiger partial charge in [-0.15, -0.1) is 0 Å². The van der Waals surface area contributed by atoms with Crippen molar-refractivity contribution in [3.05, 3.63) is 59.0 Å². The molecule has 16 heavy (non-hydrogen) atoms. The zero-order valence-electron chi connectivity index (χ0n) is 10.5. The highest BCUT2D eigenvalue weighted by molar-refractivity contribution is 5.59. The minimum atomic E-state index is 1.06. The standard InChI is InChI=1S/C15H19N/c1-6-7-11(2)12(3)9-15-10-16-14(5)8-13(15)4/h6-10H,1H2,2-5H3/b11-7+,12-9+. The molecule has 0 N–H and O–H groups in total. The third-order valence-corrected chi connectivity index (χ3v) is 2.65. The lowest BCUT2D eigenvalue weighted by Gasteiger charge is -2.04. The summed E-state index contributed by atoms with van der Waals surface area (Å²) in [5.74, 6) is 0. The van der Waals surface area contributed by atoms with Gasteiger partial charge >= 0.3 is 0 Å². The summed E-state index contributed by atoms with van der Waals surface area (Å²) in [4.78, 5) is 4.31. The van der Waals surface area contributed by atoms with Crippen LogP contribution in [0.3, 0.4) is 0 Å². The maximum atomic E-state index is 4.31. The van der Waals surface area contributed by atoms with Crippen LogP contribution in [0.1, 0.15) is 30.7 Å². The van der Waals surface area contributed by atoms with Crippen LogP contribution in [-0.4, -0.2) is 4.98 Å². The zero-order valence-corrected chi connectivity index (χ0v) is 10.5. The van der Waals surface area contributed by atoms with E-state index in [4.69, 9.17) is 0 Å². The van der Waals surface area contributed by atoms with Gasteiger partial charge in [0.2, 0.25) is 0 Å². The second-order valence-corrected chi connectivity index (χ2v) is 4.10. The molecule has 0 aromatic carbocycles. The van der Waals surface area contributed by atoms with E-state index >= 15 is 0 Å². The van der Waals surface area contributed by atoms with Crippen LogP contribution in [0.4, 0.5) is 0 Å². The summed E-state index contributed by atoms with van der Waals surface area (Å²) in [7, 11) is 0. The van der Waals surface area contributed by atoms with Gasteiger partial charge in [-0.1, -0.05) is 18.7 Å². The molecule has 0 aliphatic rings. The molecule has 0 atom stereocenters. The highest BCUT2D eigenvalue weighted by Crippen LogP contribution is 2.16. The molecule has 1 aromatic rings. The van der Waals surface area contributed by atoms with Crippen molar-refractivity contribution in [3.8, 4) is 0 Å². The number of pyridine rings is 1. The van der Waals surface area contributed by atoms with Gasteiger partial charge in [-0.05, 0) is 62.1 Å². The Kier molecular flexibility index (Phi) is 4.24. The topological polar surface area (TPSA) is 12.9 Å². The van der Waals surface area contributed by atoms with Crippen molar-refractivity contribution < 1.29 is 0 Å². The van der Waals surface area contributed by atoms with Gasteiger partial charge < -0.3 is 0 Å². The van der Waals surface area contributed by atoms with E-state index in [-0.39, 0.29) is 0 Å². The fourth-order valence-corrected chi connectivity index (χ4v) is 1.51. The van der Waals surface area contributed by atoms with E-state index in [0.717, 1.165) is 5.69 Å². The molecule has 1 heteroatoms. The molecule has 0 amide bonds.